The normalized spacial score (nSPS) is 10.8. The Morgan fingerprint density at radius 3 is 2.44 bits per heavy atom. The van der Waals surface area contributed by atoms with Crippen LogP contribution in [0.1, 0.15) is 50.2 Å². The first-order valence-electron chi connectivity index (χ1n) is 7.17. The van der Waals surface area contributed by atoms with Crippen molar-refractivity contribution in [1.82, 2.24) is 5.32 Å². The highest BCUT2D eigenvalue weighted by Crippen LogP contribution is 2.10. The highest BCUT2D eigenvalue weighted by atomic mass is 16.5. The molecule has 0 aliphatic carbocycles. The second-order valence-corrected chi connectivity index (χ2v) is 4.77. The first kappa shape index (κ1) is 15.2. The third kappa shape index (κ3) is 6.18. The fraction of sp³-hybridized carbons (Fsp3) is 0.625. The Morgan fingerprint density at radius 2 is 1.72 bits per heavy atom. The smallest absolute Gasteiger partial charge is 0.0720 e. The van der Waals surface area contributed by atoms with Crippen LogP contribution in [0.15, 0.2) is 24.3 Å². The predicted molar refractivity (Wildman–Crippen MR) is 77.6 cm³/mol. The molecule has 0 fully saturated rings. The summed E-state index contributed by atoms with van der Waals surface area (Å²) in [5.74, 6) is 0. The van der Waals surface area contributed by atoms with E-state index in [1.807, 2.05) is 7.05 Å². The van der Waals surface area contributed by atoms with E-state index in [1.54, 1.807) is 0 Å². The standard InChI is InChI=1S/C16H27NO/c1-3-4-5-6-9-12-18-14-16-11-8-7-10-15(16)13-17-2/h7-8,10-11,17H,3-6,9,12-14H2,1-2H3. The van der Waals surface area contributed by atoms with Gasteiger partial charge in [0.25, 0.3) is 0 Å². The highest BCUT2D eigenvalue weighted by Gasteiger charge is 2.00. The molecule has 1 aromatic carbocycles. The number of nitrogens with one attached hydrogen (secondary N) is 1. The van der Waals surface area contributed by atoms with Gasteiger partial charge in [0.2, 0.25) is 0 Å². The van der Waals surface area contributed by atoms with E-state index in [9.17, 15) is 0 Å². The molecule has 2 heteroatoms. The van der Waals surface area contributed by atoms with Crippen LogP contribution in [0.5, 0.6) is 0 Å². The quantitative estimate of drug-likeness (QED) is 0.635. The van der Waals surface area contributed by atoms with Gasteiger partial charge in [0.15, 0.2) is 0 Å². The summed E-state index contributed by atoms with van der Waals surface area (Å²) in [5.41, 5.74) is 2.64. The average Bonchev–Trinajstić information content (AvgIpc) is 2.40. The van der Waals surface area contributed by atoms with E-state index in [1.165, 1.54) is 43.2 Å². The predicted octanol–water partition coefficient (Wildman–Crippen LogP) is 3.89. The second-order valence-electron chi connectivity index (χ2n) is 4.77. The van der Waals surface area contributed by atoms with Crippen LogP contribution in [0.4, 0.5) is 0 Å². The Labute approximate surface area is 112 Å². The SMILES string of the molecule is CCCCCCCOCc1ccccc1CNC. The van der Waals surface area contributed by atoms with Crippen LogP contribution >= 0.6 is 0 Å². The molecule has 0 bridgehead atoms. The number of hydrogen-bond acceptors (Lipinski definition) is 2. The minimum absolute atomic E-state index is 0.742. The van der Waals surface area contributed by atoms with Gasteiger partial charge in [-0.3, -0.25) is 0 Å². The summed E-state index contributed by atoms with van der Waals surface area (Å²) in [6.07, 6.45) is 6.49. The molecule has 0 aromatic heterocycles. The molecule has 0 atom stereocenters. The van der Waals surface area contributed by atoms with E-state index in [4.69, 9.17) is 4.74 Å². The molecule has 1 rings (SSSR count). The zero-order valence-corrected chi connectivity index (χ0v) is 11.9. The lowest BCUT2D eigenvalue weighted by Gasteiger charge is -2.09. The molecule has 1 N–H and O–H groups in total. The fourth-order valence-corrected chi connectivity index (χ4v) is 2.05. The van der Waals surface area contributed by atoms with Crippen molar-refractivity contribution in [3.05, 3.63) is 35.4 Å². The Hall–Kier alpha value is -0.860. The molecule has 0 unspecified atom stereocenters. The maximum Gasteiger partial charge on any atom is 0.0720 e. The molecule has 18 heavy (non-hydrogen) atoms. The van der Waals surface area contributed by atoms with Crippen molar-refractivity contribution in [2.24, 2.45) is 0 Å². The third-order valence-electron chi connectivity index (χ3n) is 3.14. The molecule has 2 nitrogen and oxygen atoms in total. The Balaban J connectivity index is 2.18. The minimum Gasteiger partial charge on any atom is -0.377 e. The molecular weight excluding hydrogens is 222 g/mol. The van der Waals surface area contributed by atoms with Gasteiger partial charge < -0.3 is 10.1 Å². The van der Waals surface area contributed by atoms with Gasteiger partial charge >= 0.3 is 0 Å². The average molecular weight is 249 g/mol. The van der Waals surface area contributed by atoms with E-state index in [0.717, 1.165) is 19.8 Å². The number of rotatable bonds is 10. The van der Waals surface area contributed by atoms with E-state index in [2.05, 4.69) is 36.5 Å². The summed E-state index contributed by atoms with van der Waals surface area (Å²) in [5, 5.41) is 3.19. The lowest BCUT2D eigenvalue weighted by Crippen LogP contribution is -2.08. The molecule has 0 amide bonds. The molecule has 0 aliphatic rings. The van der Waals surface area contributed by atoms with Crippen LogP contribution in [0.25, 0.3) is 0 Å². The fourth-order valence-electron chi connectivity index (χ4n) is 2.05. The molecule has 102 valence electrons. The van der Waals surface area contributed by atoms with E-state index >= 15 is 0 Å². The zero-order valence-electron chi connectivity index (χ0n) is 11.9. The minimum atomic E-state index is 0.742. The van der Waals surface area contributed by atoms with Gasteiger partial charge in [0, 0.05) is 13.2 Å². The first-order valence-corrected chi connectivity index (χ1v) is 7.17. The van der Waals surface area contributed by atoms with Crippen molar-refractivity contribution in [2.75, 3.05) is 13.7 Å². The summed E-state index contributed by atoms with van der Waals surface area (Å²) in [6, 6.07) is 8.49. The monoisotopic (exact) mass is 249 g/mol. The molecule has 0 saturated carbocycles. The van der Waals surface area contributed by atoms with E-state index in [0.29, 0.717) is 0 Å². The lowest BCUT2D eigenvalue weighted by atomic mass is 10.1. The van der Waals surface area contributed by atoms with E-state index in [-0.39, 0.29) is 0 Å². The summed E-state index contributed by atoms with van der Waals surface area (Å²) in [7, 11) is 1.98. The molecule has 1 aromatic rings. The second kappa shape index (κ2) is 10.1. The molecule has 0 radical (unpaired) electrons. The number of hydrogen-bond donors (Lipinski definition) is 1. The van der Waals surface area contributed by atoms with Crippen LogP contribution in [-0.4, -0.2) is 13.7 Å². The third-order valence-corrected chi connectivity index (χ3v) is 3.14. The topological polar surface area (TPSA) is 21.3 Å². The van der Waals surface area contributed by atoms with Crippen molar-refractivity contribution in [3.63, 3.8) is 0 Å². The summed E-state index contributed by atoms with van der Waals surface area (Å²) in [4.78, 5) is 0. The lowest BCUT2D eigenvalue weighted by molar-refractivity contribution is 0.116. The summed E-state index contributed by atoms with van der Waals surface area (Å²) in [6.45, 7) is 4.79. The van der Waals surface area contributed by atoms with Crippen molar-refractivity contribution in [2.45, 2.75) is 52.2 Å². The Bertz CT molecular complexity index is 312. The van der Waals surface area contributed by atoms with Crippen molar-refractivity contribution in [1.29, 1.82) is 0 Å². The van der Waals surface area contributed by atoms with Gasteiger partial charge in [-0.1, -0.05) is 56.9 Å². The number of ether oxygens (including phenoxy) is 1. The van der Waals surface area contributed by atoms with Gasteiger partial charge in [0.05, 0.1) is 6.61 Å². The Morgan fingerprint density at radius 1 is 1.00 bits per heavy atom. The first-order chi connectivity index (χ1) is 8.88. The van der Waals surface area contributed by atoms with E-state index < -0.39 is 0 Å². The van der Waals surface area contributed by atoms with Crippen LogP contribution in [0.3, 0.4) is 0 Å². The highest BCUT2D eigenvalue weighted by molar-refractivity contribution is 5.26. The van der Waals surface area contributed by atoms with Gasteiger partial charge in [-0.15, -0.1) is 0 Å². The van der Waals surface area contributed by atoms with Crippen LogP contribution in [-0.2, 0) is 17.9 Å². The number of benzene rings is 1. The summed E-state index contributed by atoms with van der Waals surface area (Å²) >= 11 is 0. The van der Waals surface area contributed by atoms with Gasteiger partial charge in [-0.05, 0) is 24.6 Å². The van der Waals surface area contributed by atoms with Crippen molar-refractivity contribution >= 4 is 0 Å². The molecule has 0 aliphatic heterocycles. The van der Waals surface area contributed by atoms with Crippen molar-refractivity contribution < 1.29 is 4.74 Å². The van der Waals surface area contributed by atoms with Gasteiger partial charge in [-0.2, -0.15) is 0 Å². The largest absolute Gasteiger partial charge is 0.377 e. The molecule has 0 saturated heterocycles. The van der Waals surface area contributed by atoms with Gasteiger partial charge in [-0.25, -0.2) is 0 Å². The van der Waals surface area contributed by atoms with Crippen LogP contribution < -0.4 is 5.32 Å². The summed E-state index contributed by atoms with van der Waals surface area (Å²) < 4.78 is 5.76. The molecular formula is C16H27NO. The molecule has 0 heterocycles. The maximum atomic E-state index is 5.76. The Kier molecular flexibility index (Phi) is 8.53. The maximum absolute atomic E-state index is 5.76. The van der Waals surface area contributed by atoms with Crippen LogP contribution in [0.2, 0.25) is 0 Å². The molecule has 0 spiro atoms. The van der Waals surface area contributed by atoms with Crippen LogP contribution in [0, 0.1) is 0 Å². The van der Waals surface area contributed by atoms with Crippen molar-refractivity contribution in [3.8, 4) is 0 Å². The number of unbranched alkanes of at least 4 members (excludes halogenated alkanes) is 4. The zero-order chi connectivity index (χ0) is 13.1. The van der Waals surface area contributed by atoms with Gasteiger partial charge in [0.1, 0.15) is 0 Å².